The number of pyridine rings is 1. The molecule has 7 heteroatoms. The van der Waals surface area contributed by atoms with Crippen molar-refractivity contribution in [3.05, 3.63) is 58.3 Å². The number of nitrogens with zero attached hydrogens (tertiary/aromatic N) is 2. The minimum Gasteiger partial charge on any atom is -0.392 e. The van der Waals surface area contributed by atoms with Gasteiger partial charge in [0.05, 0.1) is 23.7 Å². The molecule has 1 N–H and O–H groups in total. The average Bonchev–Trinajstić information content (AvgIpc) is 2.48. The van der Waals surface area contributed by atoms with Crippen LogP contribution in [0.1, 0.15) is 11.3 Å². The van der Waals surface area contributed by atoms with Crippen molar-refractivity contribution in [1.29, 1.82) is 0 Å². The molecule has 21 heavy (non-hydrogen) atoms. The quantitative estimate of drug-likeness (QED) is 0.875. The number of aliphatic hydroxyl groups excluding tert-OH is 1. The fraction of sp³-hybridized carbons (Fsp3) is 0.214. The van der Waals surface area contributed by atoms with Crippen LogP contribution in [0.5, 0.6) is 0 Å². The summed E-state index contributed by atoms with van der Waals surface area (Å²) in [5, 5.41) is 9.16. The van der Waals surface area contributed by atoms with E-state index in [1.54, 1.807) is 30.5 Å². The van der Waals surface area contributed by atoms with E-state index in [4.69, 9.17) is 5.11 Å². The van der Waals surface area contributed by atoms with Gasteiger partial charge < -0.3 is 5.11 Å². The highest BCUT2D eigenvalue weighted by molar-refractivity contribution is 9.10. The molecule has 0 aliphatic rings. The van der Waals surface area contributed by atoms with Crippen LogP contribution < -0.4 is 0 Å². The number of halogens is 1. The highest BCUT2D eigenvalue weighted by atomic mass is 79.9. The molecule has 0 spiro atoms. The van der Waals surface area contributed by atoms with E-state index in [1.807, 2.05) is 6.07 Å². The SMILES string of the molecule is CN(Cc1ccccn1)S(=O)(=O)c1cc(CO)ccc1Br. The summed E-state index contributed by atoms with van der Waals surface area (Å²) in [6.45, 7) is -0.0290. The number of aromatic nitrogens is 1. The molecular formula is C14H15BrN2O3S. The summed E-state index contributed by atoms with van der Waals surface area (Å²) in [7, 11) is -2.16. The molecule has 0 fully saturated rings. The van der Waals surface area contributed by atoms with Crippen LogP contribution in [-0.4, -0.2) is 29.9 Å². The Morgan fingerprint density at radius 2 is 2.05 bits per heavy atom. The van der Waals surface area contributed by atoms with Gasteiger partial charge in [-0.15, -0.1) is 0 Å². The second-order valence-corrected chi connectivity index (χ2v) is 7.37. The number of rotatable bonds is 5. The Kier molecular flexibility index (Phi) is 5.10. The van der Waals surface area contributed by atoms with Gasteiger partial charge in [0.25, 0.3) is 0 Å². The minimum absolute atomic E-state index is 0.132. The summed E-state index contributed by atoms with van der Waals surface area (Å²) < 4.78 is 26.9. The highest BCUT2D eigenvalue weighted by Crippen LogP contribution is 2.26. The highest BCUT2D eigenvalue weighted by Gasteiger charge is 2.24. The second-order valence-electron chi connectivity index (χ2n) is 4.51. The molecule has 1 aromatic heterocycles. The van der Waals surface area contributed by atoms with Crippen LogP contribution in [0, 0.1) is 0 Å². The summed E-state index contributed by atoms with van der Waals surface area (Å²) in [6, 6.07) is 10.1. The molecule has 2 rings (SSSR count). The number of benzene rings is 1. The lowest BCUT2D eigenvalue weighted by Gasteiger charge is -2.18. The van der Waals surface area contributed by atoms with Gasteiger partial charge in [-0.05, 0) is 45.8 Å². The maximum absolute atomic E-state index is 12.6. The third-order valence-corrected chi connectivity index (χ3v) is 5.77. The zero-order valence-corrected chi connectivity index (χ0v) is 13.8. The van der Waals surface area contributed by atoms with Crippen molar-refractivity contribution in [2.24, 2.45) is 0 Å². The Morgan fingerprint density at radius 3 is 2.67 bits per heavy atom. The van der Waals surface area contributed by atoms with Crippen molar-refractivity contribution in [2.75, 3.05) is 7.05 Å². The number of aliphatic hydroxyl groups is 1. The Bertz CT molecular complexity index is 720. The molecule has 0 saturated heterocycles. The van der Waals surface area contributed by atoms with Crippen LogP contribution in [0.25, 0.3) is 0 Å². The van der Waals surface area contributed by atoms with Crippen LogP contribution in [0.3, 0.4) is 0 Å². The van der Waals surface area contributed by atoms with E-state index in [9.17, 15) is 8.42 Å². The fourth-order valence-corrected chi connectivity index (χ4v) is 3.93. The van der Waals surface area contributed by atoms with Crippen LogP contribution in [0.15, 0.2) is 52.0 Å². The van der Waals surface area contributed by atoms with Crippen molar-refractivity contribution >= 4 is 26.0 Å². The molecule has 0 aliphatic carbocycles. The normalized spacial score (nSPS) is 11.8. The van der Waals surface area contributed by atoms with Crippen molar-refractivity contribution in [2.45, 2.75) is 18.0 Å². The van der Waals surface area contributed by atoms with E-state index in [-0.39, 0.29) is 18.0 Å². The zero-order valence-electron chi connectivity index (χ0n) is 11.4. The van der Waals surface area contributed by atoms with Gasteiger partial charge in [0, 0.05) is 17.7 Å². The Morgan fingerprint density at radius 1 is 1.29 bits per heavy atom. The molecule has 1 aromatic carbocycles. The molecule has 0 aliphatic heterocycles. The second kappa shape index (κ2) is 6.65. The monoisotopic (exact) mass is 370 g/mol. The third-order valence-electron chi connectivity index (χ3n) is 2.98. The minimum atomic E-state index is -3.67. The molecule has 0 saturated carbocycles. The van der Waals surface area contributed by atoms with E-state index in [0.717, 1.165) is 0 Å². The maximum atomic E-state index is 12.6. The van der Waals surface area contributed by atoms with Crippen LogP contribution >= 0.6 is 15.9 Å². The number of sulfonamides is 1. The molecule has 2 aromatic rings. The Labute approximate surface area is 132 Å². The molecular weight excluding hydrogens is 356 g/mol. The maximum Gasteiger partial charge on any atom is 0.244 e. The summed E-state index contributed by atoms with van der Waals surface area (Å²) in [6.07, 6.45) is 1.62. The topological polar surface area (TPSA) is 70.5 Å². The zero-order chi connectivity index (χ0) is 15.5. The first-order chi connectivity index (χ1) is 9.95. The van der Waals surface area contributed by atoms with E-state index in [2.05, 4.69) is 20.9 Å². The van der Waals surface area contributed by atoms with Crippen LogP contribution in [0.2, 0.25) is 0 Å². The molecule has 0 amide bonds. The number of hydrogen-bond acceptors (Lipinski definition) is 4. The molecule has 1 heterocycles. The smallest absolute Gasteiger partial charge is 0.244 e. The van der Waals surface area contributed by atoms with Crippen LogP contribution in [-0.2, 0) is 23.2 Å². The van der Waals surface area contributed by atoms with Gasteiger partial charge in [-0.1, -0.05) is 12.1 Å². The summed E-state index contributed by atoms with van der Waals surface area (Å²) in [5.41, 5.74) is 1.21. The van der Waals surface area contributed by atoms with Gasteiger partial charge in [-0.25, -0.2) is 8.42 Å². The molecule has 0 radical (unpaired) electrons. The van der Waals surface area contributed by atoms with Gasteiger partial charge in [0.2, 0.25) is 10.0 Å². The summed E-state index contributed by atoms with van der Waals surface area (Å²) >= 11 is 3.25. The van der Waals surface area contributed by atoms with Gasteiger partial charge in [-0.3, -0.25) is 4.98 Å². The van der Waals surface area contributed by atoms with Crippen molar-refractivity contribution in [1.82, 2.24) is 9.29 Å². The van der Waals surface area contributed by atoms with Crippen LogP contribution in [0.4, 0.5) is 0 Å². The van der Waals surface area contributed by atoms with Crippen molar-refractivity contribution < 1.29 is 13.5 Å². The first-order valence-corrected chi connectivity index (χ1v) is 8.44. The Balaban J connectivity index is 2.33. The first kappa shape index (κ1) is 16.1. The largest absolute Gasteiger partial charge is 0.392 e. The lowest BCUT2D eigenvalue weighted by atomic mass is 10.2. The predicted molar refractivity (Wildman–Crippen MR) is 83.0 cm³/mol. The van der Waals surface area contributed by atoms with E-state index in [1.165, 1.54) is 17.4 Å². The predicted octanol–water partition coefficient (Wildman–Crippen LogP) is 2.16. The van der Waals surface area contributed by atoms with E-state index >= 15 is 0 Å². The average molecular weight is 371 g/mol. The Hall–Kier alpha value is -1.28. The van der Waals surface area contributed by atoms with Crippen molar-refractivity contribution in [3.63, 3.8) is 0 Å². The molecule has 0 atom stereocenters. The third kappa shape index (κ3) is 3.68. The fourth-order valence-electron chi connectivity index (χ4n) is 1.82. The first-order valence-electron chi connectivity index (χ1n) is 6.20. The van der Waals surface area contributed by atoms with E-state index < -0.39 is 10.0 Å². The molecule has 5 nitrogen and oxygen atoms in total. The van der Waals surface area contributed by atoms with Gasteiger partial charge in [0.15, 0.2) is 0 Å². The molecule has 0 bridgehead atoms. The standard InChI is InChI=1S/C14H15BrN2O3S/c1-17(9-12-4-2-3-7-16-12)21(19,20)14-8-11(10-18)5-6-13(14)15/h2-8,18H,9-10H2,1H3. The molecule has 112 valence electrons. The lowest BCUT2D eigenvalue weighted by Crippen LogP contribution is -2.27. The lowest BCUT2D eigenvalue weighted by molar-refractivity contribution is 0.281. The number of hydrogen-bond donors (Lipinski definition) is 1. The van der Waals surface area contributed by atoms with E-state index in [0.29, 0.717) is 15.7 Å². The molecule has 0 unspecified atom stereocenters. The summed E-state index contributed by atoms with van der Waals surface area (Å²) in [5.74, 6) is 0. The van der Waals surface area contributed by atoms with Gasteiger partial charge >= 0.3 is 0 Å². The van der Waals surface area contributed by atoms with Gasteiger partial charge in [-0.2, -0.15) is 4.31 Å². The summed E-state index contributed by atoms with van der Waals surface area (Å²) in [4.78, 5) is 4.26. The van der Waals surface area contributed by atoms with Gasteiger partial charge in [0.1, 0.15) is 0 Å². The van der Waals surface area contributed by atoms with Crippen molar-refractivity contribution in [3.8, 4) is 0 Å².